The van der Waals surface area contributed by atoms with Crippen LogP contribution in [-0.2, 0) is 6.54 Å². The van der Waals surface area contributed by atoms with Crippen molar-refractivity contribution in [1.82, 2.24) is 9.55 Å². The van der Waals surface area contributed by atoms with Gasteiger partial charge in [-0.05, 0) is 55.3 Å². The Balaban J connectivity index is 1.85. The minimum Gasteiger partial charge on any atom is -0.298 e. The van der Waals surface area contributed by atoms with Gasteiger partial charge in [0.25, 0.3) is 5.56 Å². The molecule has 5 nitrogen and oxygen atoms in total. The van der Waals surface area contributed by atoms with E-state index in [4.69, 9.17) is 0 Å². The maximum atomic E-state index is 13.5. The molecule has 30 heavy (non-hydrogen) atoms. The predicted molar refractivity (Wildman–Crippen MR) is 112 cm³/mol. The van der Waals surface area contributed by atoms with E-state index < -0.39 is 35.2 Å². The van der Waals surface area contributed by atoms with E-state index in [1.807, 2.05) is 0 Å². The number of benzene rings is 2. The highest BCUT2D eigenvalue weighted by Gasteiger charge is 2.20. The molecule has 0 aliphatic heterocycles. The average molecular weight is 426 g/mol. The van der Waals surface area contributed by atoms with Gasteiger partial charge >= 0.3 is 5.69 Å². The van der Waals surface area contributed by atoms with Gasteiger partial charge in [-0.15, -0.1) is 11.3 Å². The van der Waals surface area contributed by atoms with Crippen LogP contribution in [0.3, 0.4) is 0 Å². The number of fused-ring (bicyclic) bond motifs is 1. The molecule has 0 fully saturated rings. The first-order valence-corrected chi connectivity index (χ1v) is 9.89. The molecular formula is C22H16F2N2O3S. The van der Waals surface area contributed by atoms with E-state index in [1.165, 1.54) is 48.6 Å². The van der Waals surface area contributed by atoms with E-state index >= 15 is 0 Å². The third-order valence-corrected chi connectivity index (χ3v) is 5.94. The summed E-state index contributed by atoms with van der Waals surface area (Å²) >= 11 is 1.24. The molecule has 0 spiro atoms. The van der Waals surface area contributed by atoms with Gasteiger partial charge in [0.05, 0.1) is 11.9 Å². The van der Waals surface area contributed by atoms with Gasteiger partial charge in [-0.2, -0.15) is 0 Å². The number of rotatable bonds is 4. The molecule has 0 amide bonds. The van der Waals surface area contributed by atoms with Gasteiger partial charge in [0, 0.05) is 16.0 Å². The summed E-state index contributed by atoms with van der Waals surface area (Å²) in [7, 11) is 0. The Hall–Kier alpha value is -3.39. The number of aromatic nitrogens is 2. The van der Waals surface area contributed by atoms with Crippen LogP contribution < -0.4 is 11.2 Å². The van der Waals surface area contributed by atoms with Crippen LogP contribution in [0.5, 0.6) is 0 Å². The van der Waals surface area contributed by atoms with Crippen molar-refractivity contribution >= 4 is 27.3 Å². The Morgan fingerprint density at radius 2 is 1.77 bits per heavy atom. The summed E-state index contributed by atoms with van der Waals surface area (Å²) in [6.07, 6.45) is 0. The number of nitrogens with one attached hydrogen (secondary N) is 1. The van der Waals surface area contributed by atoms with Gasteiger partial charge in [0.2, 0.25) is 0 Å². The maximum Gasteiger partial charge on any atom is 0.329 e. The number of halogens is 2. The molecule has 4 rings (SSSR count). The molecule has 0 saturated carbocycles. The van der Waals surface area contributed by atoms with E-state index in [-0.39, 0.29) is 10.9 Å². The summed E-state index contributed by atoms with van der Waals surface area (Å²) in [6.45, 7) is 2.85. The van der Waals surface area contributed by atoms with Crippen molar-refractivity contribution in [2.45, 2.75) is 20.4 Å². The molecule has 2 aromatic heterocycles. The number of hydrogen-bond acceptors (Lipinski definition) is 4. The number of nitrogens with zero attached hydrogens (tertiary/aromatic N) is 1. The summed E-state index contributed by atoms with van der Waals surface area (Å²) in [5, 5.41) is 0.270. The Bertz CT molecular complexity index is 1420. The van der Waals surface area contributed by atoms with Crippen LogP contribution in [0.1, 0.15) is 20.8 Å². The van der Waals surface area contributed by atoms with Crippen LogP contribution in [0.4, 0.5) is 8.78 Å². The van der Waals surface area contributed by atoms with Gasteiger partial charge in [0.15, 0.2) is 5.78 Å². The molecule has 0 aliphatic carbocycles. The zero-order valence-corrected chi connectivity index (χ0v) is 16.9. The highest BCUT2D eigenvalue weighted by molar-refractivity contribution is 7.19. The smallest absolute Gasteiger partial charge is 0.298 e. The molecule has 0 aliphatic rings. The highest BCUT2D eigenvalue weighted by atomic mass is 32.1. The van der Waals surface area contributed by atoms with Gasteiger partial charge in [-0.1, -0.05) is 12.1 Å². The van der Waals surface area contributed by atoms with Crippen LogP contribution in [0.25, 0.3) is 21.3 Å². The van der Waals surface area contributed by atoms with Crippen molar-refractivity contribution in [3.63, 3.8) is 0 Å². The van der Waals surface area contributed by atoms with Crippen LogP contribution in [0, 0.1) is 25.5 Å². The molecule has 152 valence electrons. The number of aromatic amines is 1. The summed E-state index contributed by atoms with van der Waals surface area (Å²) in [5.74, 6) is -1.33. The molecule has 0 bridgehead atoms. The second kappa shape index (κ2) is 7.46. The number of Topliss-reactive ketones (excluding diaryl/α,β-unsaturated/α-hetero) is 1. The Kier molecular flexibility index (Phi) is 4.95. The maximum absolute atomic E-state index is 13.5. The normalized spacial score (nSPS) is 11.2. The minimum atomic E-state index is -0.702. The molecule has 0 atom stereocenters. The van der Waals surface area contributed by atoms with Crippen molar-refractivity contribution in [3.8, 4) is 11.1 Å². The van der Waals surface area contributed by atoms with E-state index in [0.29, 0.717) is 21.5 Å². The standard InChI is InChI=1S/C22H16F2N2O3S/c1-11-9-14(5-8-16(11)24)17(27)10-26-21(28)19-18(13-3-6-15(23)7-4-13)12(2)30-20(19)25-22(26)29/h3-9H,10H2,1-2H3,(H,25,29). The monoisotopic (exact) mass is 426 g/mol. The fourth-order valence-corrected chi connectivity index (χ4v) is 4.45. The lowest BCUT2D eigenvalue weighted by Crippen LogP contribution is -2.37. The third kappa shape index (κ3) is 3.39. The lowest BCUT2D eigenvalue weighted by atomic mass is 10.0. The molecule has 0 unspecified atom stereocenters. The quantitative estimate of drug-likeness (QED) is 0.497. The van der Waals surface area contributed by atoms with Gasteiger partial charge < -0.3 is 0 Å². The largest absolute Gasteiger partial charge is 0.329 e. The number of ketones is 1. The summed E-state index contributed by atoms with van der Waals surface area (Å²) in [5.41, 5.74) is 0.424. The van der Waals surface area contributed by atoms with Crippen LogP contribution in [0.2, 0.25) is 0 Å². The van der Waals surface area contributed by atoms with Crippen LogP contribution in [-0.4, -0.2) is 15.3 Å². The zero-order valence-electron chi connectivity index (χ0n) is 16.1. The van der Waals surface area contributed by atoms with E-state index in [2.05, 4.69) is 4.98 Å². The first kappa shape index (κ1) is 19.9. The molecule has 1 N–H and O–H groups in total. The first-order chi connectivity index (χ1) is 14.3. The fourth-order valence-electron chi connectivity index (χ4n) is 3.39. The predicted octanol–water partition coefficient (Wildman–Crippen LogP) is 4.20. The van der Waals surface area contributed by atoms with E-state index in [0.717, 1.165) is 9.44 Å². The summed E-state index contributed by atoms with van der Waals surface area (Å²) in [4.78, 5) is 42.1. The van der Waals surface area contributed by atoms with Crippen LogP contribution in [0.15, 0.2) is 52.1 Å². The Morgan fingerprint density at radius 1 is 1.07 bits per heavy atom. The second-order valence-corrected chi connectivity index (χ2v) is 8.18. The van der Waals surface area contributed by atoms with Crippen molar-refractivity contribution < 1.29 is 13.6 Å². The summed E-state index contributed by atoms with van der Waals surface area (Å²) in [6, 6.07) is 9.59. The second-order valence-electron chi connectivity index (χ2n) is 6.95. The van der Waals surface area contributed by atoms with Gasteiger partial charge in [-0.3, -0.25) is 19.1 Å². The topological polar surface area (TPSA) is 71.9 Å². The number of carbonyl (C=O) groups excluding carboxylic acids is 1. The van der Waals surface area contributed by atoms with Gasteiger partial charge in [-0.25, -0.2) is 13.6 Å². The number of hydrogen-bond donors (Lipinski definition) is 1. The molecule has 4 aromatic rings. The van der Waals surface area contributed by atoms with Crippen molar-refractivity contribution in [2.75, 3.05) is 0 Å². The number of aryl methyl sites for hydroxylation is 2. The van der Waals surface area contributed by atoms with Crippen molar-refractivity contribution in [3.05, 3.63) is 90.9 Å². The SMILES string of the molecule is Cc1cc(C(=O)Cn2c(=O)[nH]c3sc(C)c(-c4ccc(F)cc4)c3c2=O)ccc1F. The Morgan fingerprint density at radius 3 is 2.43 bits per heavy atom. The molecule has 0 saturated heterocycles. The fraction of sp³-hybridized carbons (Fsp3) is 0.136. The van der Waals surface area contributed by atoms with Gasteiger partial charge in [0.1, 0.15) is 16.5 Å². The number of thiophene rings is 1. The molecule has 2 aromatic carbocycles. The molecule has 0 radical (unpaired) electrons. The number of carbonyl (C=O) groups is 1. The molecule has 2 heterocycles. The average Bonchev–Trinajstić information content (AvgIpc) is 3.03. The number of H-pyrrole nitrogens is 1. The lowest BCUT2D eigenvalue weighted by molar-refractivity contribution is 0.0969. The van der Waals surface area contributed by atoms with Crippen molar-refractivity contribution in [2.24, 2.45) is 0 Å². The third-order valence-electron chi connectivity index (χ3n) is 4.92. The summed E-state index contributed by atoms with van der Waals surface area (Å²) < 4.78 is 27.6. The first-order valence-electron chi connectivity index (χ1n) is 9.07. The Labute approximate surface area is 173 Å². The van der Waals surface area contributed by atoms with Crippen LogP contribution >= 0.6 is 11.3 Å². The lowest BCUT2D eigenvalue weighted by Gasteiger charge is -2.07. The molecule has 8 heteroatoms. The van der Waals surface area contributed by atoms with E-state index in [9.17, 15) is 23.2 Å². The van der Waals surface area contributed by atoms with E-state index in [1.54, 1.807) is 19.1 Å². The van der Waals surface area contributed by atoms with Crippen molar-refractivity contribution in [1.29, 1.82) is 0 Å². The zero-order chi connectivity index (χ0) is 21.6. The minimum absolute atomic E-state index is 0.209. The molecular weight excluding hydrogens is 410 g/mol. The highest BCUT2D eigenvalue weighted by Crippen LogP contribution is 2.35.